The minimum absolute atomic E-state index is 0.119. The molecule has 1 aliphatic carbocycles. The lowest BCUT2D eigenvalue weighted by Gasteiger charge is -2.31. The molecule has 0 saturated heterocycles. The minimum atomic E-state index is -0.482. The number of carbonyl (C=O) groups excluding carboxylic acids is 1. The molecule has 0 radical (unpaired) electrons. The summed E-state index contributed by atoms with van der Waals surface area (Å²) in [7, 11) is 0. The van der Waals surface area contributed by atoms with Crippen LogP contribution >= 0.6 is 0 Å². The Labute approximate surface area is 121 Å². The lowest BCUT2D eigenvalue weighted by molar-refractivity contribution is -0.384. The molecule has 2 aliphatic rings. The highest BCUT2D eigenvalue weighted by Crippen LogP contribution is 2.45. The fourth-order valence-electron chi connectivity index (χ4n) is 3.06. The van der Waals surface area contributed by atoms with Gasteiger partial charge in [-0.1, -0.05) is 0 Å². The molecule has 6 nitrogen and oxygen atoms in total. The van der Waals surface area contributed by atoms with Crippen molar-refractivity contribution in [2.45, 2.75) is 38.2 Å². The summed E-state index contributed by atoms with van der Waals surface area (Å²) in [6.07, 6.45) is 7.76. The van der Waals surface area contributed by atoms with Crippen LogP contribution in [-0.2, 0) is 4.79 Å². The smallest absolute Gasteiger partial charge is 0.303 e. The highest BCUT2D eigenvalue weighted by molar-refractivity contribution is 5.93. The molecule has 1 fully saturated rings. The van der Waals surface area contributed by atoms with Gasteiger partial charge in [0.1, 0.15) is 17.0 Å². The van der Waals surface area contributed by atoms with Crippen LogP contribution in [0.2, 0.25) is 0 Å². The molecule has 1 aromatic carbocycles. The monoisotopic (exact) mass is 288 g/mol. The third kappa shape index (κ3) is 2.37. The number of benzene rings is 1. The summed E-state index contributed by atoms with van der Waals surface area (Å²) in [6.45, 7) is 1.32. The minimum Gasteiger partial charge on any atom is -0.482 e. The van der Waals surface area contributed by atoms with Crippen LogP contribution in [0, 0.1) is 10.1 Å². The largest absolute Gasteiger partial charge is 0.482 e. The molecular formula is C15H16N2O4. The molecule has 0 bridgehead atoms. The quantitative estimate of drug-likeness (QED) is 0.669. The zero-order chi connectivity index (χ0) is 15.0. The number of nitro benzene ring substituents is 1. The summed E-state index contributed by atoms with van der Waals surface area (Å²) in [4.78, 5) is 22.0. The molecule has 1 saturated carbocycles. The second kappa shape index (κ2) is 4.87. The van der Waals surface area contributed by atoms with Crippen LogP contribution in [0.3, 0.4) is 0 Å². The first-order valence-electron chi connectivity index (χ1n) is 6.98. The van der Waals surface area contributed by atoms with Crippen LogP contribution in [0.4, 0.5) is 11.4 Å². The summed E-state index contributed by atoms with van der Waals surface area (Å²) in [5.41, 5.74) is 0.188. The number of ether oxygens (including phenoxy) is 1. The molecule has 1 aliphatic heterocycles. The zero-order valence-corrected chi connectivity index (χ0v) is 11.7. The van der Waals surface area contributed by atoms with Gasteiger partial charge in [-0.3, -0.25) is 14.9 Å². The van der Waals surface area contributed by atoms with Crippen molar-refractivity contribution in [3.63, 3.8) is 0 Å². The highest BCUT2D eigenvalue weighted by atomic mass is 16.6. The van der Waals surface area contributed by atoms with E-state index < -0.39 is 4.92 Å². The van der Waals surface area contributed by atoms with Gasteiger partial charge in [-0.25, -0.2) is 0 Å². The Morgan fingerprint density at radius 3 is 2.71 bits per heavy atom. The van der Waals surface area contributed by atoms with Crippen LogP contribution in [0.25, 0.3) is 6.08 Å². The van der Waals surface area contributed by atoms with Crippen molar-refractivity contribution in [3.8, 4) is 5.75 Å². The topological polar surface area (TPSA) is 81.5 Å². The Morgan fingerprint density at radius 2 is 2.10 bits per heavy atom. The fraction of sp³-hybridized carbons (Fsp3) is 0.400. The fourth-order valence-corrected chi connectivity index (χ4v) is 3.06. The van der Waals surface area contributed by atoms with E-state index in [9.17, 15) is 14.9 Å². The predicted octanol–water partition coefficient (Wildman–Crippen LogP) is 3.27. The first kappa shape index (κ1) is 13.6. The Hall–Kier alpha value is -2.37. The van der Waals surface area contributed by atoms with Crippen LogP contribution in [0.5, 0.6) is 5.75 Å². The molecule has 110 valence electrons. The van der Waals surface area contributed by atoms with Gasteiger partial charge >= 0.3 is 5.69 Å². The van der Waals surface area contributed by atoms with Gasteiger partial charge in [0.05, 0.1) is 10.5 Å². The van der Waals surface area contributed by atoms with Crippen LogP contribution in [0.15, 0.2) is 18.2 Å². The van der Waals surface area contributed by atoms with Crippen LogP contribution < -0.4 is 10.1 Å². The number of hydrogen-bond acceptors (Lipinski definition) is 4. The number of hydrogen-bond donors (Lipinski definition) is 1. The lowest BCUT2D eigenvalue weighted by atomic mass is 9.95. The van der Waals surface area contributed by atoms with E-state index in [1.54, 1.807) is 12.1 Å². The molecule has 1 spiro atoms. The molecule has 6 heteroatoms. The van der Waals surface area contributed by atoms with Gasteiger partial charge in [-0.2, -0.15) is 0 Å². The lowest BCUT2D eigenvalue weighted by Crippen LogP contribution is -2.32. The molecule has 1 heterocycles. The number of nitro groups is 1. The van der Waals surface area contributed by atoms with E-state index >= 15 is 0 Å². The van der Waals surface area contributed by atoms with Gasteiger partial charge in [-0.15, -0.1) is 0 Å². The maximum Gasteiger partial charge on any atom is 0.303 e. The maximum atomic E-state index is 11.4. The second-order valence-electron chi connectivity index (χ2n) is 5.52. The van der Waals surface area contributed by atoms with Crippen molar-refractivity contribution in [3.05, 3.63) is 33.9 Å². The SMILES string of the molecule is CC(=O)Nc1ccc2c(c1[N+](=O)[O-])C=CC1(CCCC1)O2. The van der Waals surface area contributed by atoms with Crippen molar-refractivity contribution in [1.82, 2.24) is 0 Å². The molecule has 3 rings (SSSR count). The summed E-state index contributed by atoms with van der Waals surface area (Å²) in [6, 6.07) is 3.22. The highest BCUT2D eigenvalue weighted by Gasteiger charge is 2.38. The van der Waals surface area contributed by atoms with Crippen molar-refractivity contribution >= 4 is 23.4 Å². The van der Waals surface area contributed by atoms with Gasteiger partial charge in [0.25, 0.3) is 0 Å². The molecular weight excluding hydrogens is 272 g/mol. The average Bonchev–Trinajstić information content (AvgIpc) is 2.86. The van der Waals surface area contributed by atoms with Crippen LogP contribution in [0.1, 0.15) is 38.2 Å². The van der Waals surface area contributed by atoms with Crippen molar-refractivity contribution in [2.24, 2.45) is 0 Å². The Kier molecular flexibility index (Phi) is 3.16. The Morgan fingerprint density at radius 1 is 1.38 bits per heavy atom. The zero-order valence-electron chi connectivity index (χ0n) is 11.7. The van der Waals surface area contributed by atoms with E-state index in [0.717, 1.165) is 25.7 Å². The third-order valence-electron chi connectivity index (χ3n) is 3.99. The standard InChI is InChI=1S/C15H16N2O4/c1-10(18)16-12-4-5-13-11(14(12)17(19)20)6-9-15(21-13)7-2-3-8-15/h4-6,9H,2-3,7-8H2,1H3,(H,16,18). The molecule has 0 atom stereocenters. The summed E-state index contributed by atoms with van der Waals surface area (Å²) < 4.78 is 6.03. The predicted molar refractivity (Wildman–Crippen MR) is 78.3 cm³/mol. The summed E-state index contributed by atoms with van der Waals surface area (Å²) in [5.74, 6) is 0.172. The summed E-state index contributed by atoms with van der Waals surface area (Å²) in [5, 5.41) is 13.8. The number of rotatable bonds is 2. The van der Waals surface area contributed by atoms with Crippen molar-refractivity contribution in [1.29, 1.82) is 0 Å². The van der Waals surface area contributed by atoms with E-state index in [2.05, 4.69) is 5.32 Å². The molecule has 21 heavy (non-hydrogen) atoms. The number of carbonyl (C=O) groups is 1. The van der Waals surface area contributed by atoms with E-state index in [0.29, 0.717) is 11.3 Å². The number of nitrogens with one attached hydrogen (secondary N) is 1. The number of fused-ring (bicyclic) bond motifs is 1. The Bertz CT molecular complexity index is 645. The number of amides is 1. The normalized spacial score (nSPS) is 18.1. The molecule has 0 aromatic heterocycles. The average molecular weight is 288 g/mol. The van der Waals surface area contributed by atoms with E-state index in [1.807, 2.05) is 6.08 Å². The van der Waals surface area contributed by atoms with Gasteiger partial charge in [0.15, 0.2) is 0 Å². The van der Waals surface area contributed by atoms with Gasteiger partial charge in [-0.05, 0) is 50.0 Å². The summed E-state index contributed by atoms with van der Waals surface area (Å²) >= 11 is 0. The van der Waals surface area contributed by atoms with E-state index in [4.69, 9.17) is 4.74 Å². The van der Waals surface area contributed by atoms with Crippen molar-refractivity contribution in [2.75, 3.05) is 5.32 Å². The maximum absolute atomic E-state index is 11.4. The van der Waals surface area contributed by atoms with Gasteiger partial charge in [0.2, 0.25) is 5.91 Å². The van der Waals surface area contributed by atoms with Crippen molar-refractivity contribution < 1.29 is 14.5 Å². The number of anilines is 1. The Balaban J connectivity index is 2.06. The molecule has 1 aromatic rings. The third-order valence-corrected chi connectivity index (χ3v) is 3.99. The van der Waals surface area contributed by atoms with Crippen LogP contribution in [-0.4, -0.2) is 16.4 Å². The first-order valence-corrected chi connectivity index (χ1v) is 6.98. The molecule has 1 N–H and O–H groups in total. The first-order chi connectivity index (χ1) is 10.0. The number of nitrogens with zero attached hydrogens (tertiary/aromatic N) is 1. The second-order valence-corrected chi connectivity index (χ2v) is 5.52. The molecule has 1 amide bonds. The van der Waals surface area contributed by atoms with E-state index in [1.165, 1.54) is 13.0 Å². The van der Waals surface area contributed by atoms with Gasteiger partial charge < -0.3 is 10.1 Å². The van der Waals surface area contributed by atoms with Gasteiger partial charge in [0, 0.05) is 6.92 Å². The molecule has 0 unspecified atom stereocenters. The van der Waals surface area contributed by atoms with E-state index in [-0.39, 0.29) is 22.9 Å².